The highest BCUT2D eigenvalue weighted by atomic mass is 32.2. The zero-order valence-electron chi connectivity index (χ0n) is 10.3. The summed E-state index contributed by atoms with van der Waals surface area (Å²) in [6.45, 7) is 2.79. The number of benzene rings is 1. The van der Waals surface area contributed by atoms with E-state index in [9.17, 15) is 8.42 Å². The van der Waals surface area contributed by atoms with Crippen LogP contribution in [0.4, 0.5) is 5.82 Å². The molecule has 96 valence electrons. The molecule has 2 N–H and O–H groups in total. The van der Waals surface area contributed by atoms with Crippen molar-refractivity contribution in [2.45, 2.75) is 11.8 Å². The second kappa shape index (κ2) is 4.91. The summed E-state index contributed by atoms with van der Waals surface area (Å²) in [6.07, 6.45) is 0. The maximum Gasteiger partial charge on any atom is 0.240 e. The van der Waals surface area contributed by atoms with Crippen molar-refractivity contribution in [1.82, 2.24) is 9.71 Å². The Balaban J connectivity index is 2.51. The van der Waals surface area contributed by atoms with E-state index in [-0.39, 0.29) is 4.90 Å². The number of nitrogens with zero attached hydrogens (tertiary/aromatic N) is 1. The molecular weight excluding hydrogens is 250 g/mol. The van der Waals surface area contributed by atoms with Gasteiger partial charge in [-0.25, -0.2) is 18.1 Å². The predicted octanol–water partition coefficient (Wildman–Crippen LogP) is 1.57. The third kappa shape index (κ3) is 2.44. The molecule has 0 bridgehead atoms. The zero-order valence-corrected chi connectivity index (χ0v) is 11.1. The van der Waals surface area contributed by atoms with Gasteiger partial charge in [0, 0.05) is 11.9 Å². The molecule has 6 heteroatoms. The number of aromatic nitrogens is 1. The van der Waals surface area contributed by atoms with Crippen LogP contribution < -0.4 is 10.0 Å². The minimum atomic E-state index is -3.40. The molecule has 0 atom stereocenters. The minimum Gasteiger partial charge on any atom is -0.370 e. The molecule has 5 nitrogen and oxygen atoms in total. The lowest BCUT2D eigenvalue weighted by atomic mass is 10.2. The molecule has 2 aromatic rings. The van der Waals surface area contributed by atoms with Gasteiger partial charge in [0.15, 0.2) is 0 Å². The van der Waals surface area contributed by atoms with Crippen molar-refractivity contribution < 1.29 is 8.42 Å². The van der Waals surface area contributed by atoms with Crippen molar-refractivity contribution in [3.05, 3.63) is 30.3 Å². The van der Waals surface area contributed by atoms with E-state index in [0.29, 0.717) is 0 Å². The van der Waals surface area contributed by atoms with Crippen LogP contribution in [0.2, 0.25) is 0 Å². The zero-order chi connectivity index (χ0) is 13.2. The van der Waals surface area contributed by atoms with E-state index in [1.165, 1.54) is 7.05 Å². The van der Waals surface area contributed by atoms with E-state index in [1.54, 1.807) is 18.2 Å². The van der Waals surface area contributed by atoms with E-state index >= 15 is 0 Å². The summed E-state index contributed by atoms with van der Waals surface area (Å²) in [7, 11) is -2.01. The lowest BCUT2D eigenvalue weighted by Crippen LogP contribution is -2.18. The second-order valence-electron chi connectivity index (χ2n) is 3.79. The molecule has 0 spiro atoms. The third-order valence-corrected chi connectivity index (χ3v) is 4.01. The number of fused-ring (bicyclic) bond motifs is 1. The van der Waals surface area contributed by atoms with Gasteiger partial charge < -0.3 is 5.32 Å². The summed E-state index contributed by atoms with van der Waals surface area (Å²) in [4.78, 5) is 4.63. The van der Waals surface area contributed by atoms with Gasteiger partial charge in [-0.05, 0) is 44.3 Å². The quantitative estimate of drug-likeness (QED) is 0.880. The van der Waals surface area contributed by atoms with Crippen LogP contribution in [0.15, 0.2) is 35.2 Å². The lowest BCUT2D eigenvalue weighted by molar-refractivity contribution is 0.588. The molecule has 0 fully saturated rings. The smallest absolute Gasteiger partial charge is 0.240 e. The summed E-state index contributed by atoms with van der Waals surface area (Å²) in [5.41, 5.74) is 0.767. The molecule has 0 aliphatic rings. The molecule has 2 rings (SSSR count). The van der Waals surface area contributed by atoms with Gasteiger partial charge in [-0.15, -0.1) is 0 Å². The van der Waals surface area contributed by atoms with Crippen LogP contribution in [-0.2, 0) is 10.0 Å². The fourth-order valence-electron chi connectivity index (χ4n) is 1.67. The molecular formula is C12H15N3O2S. The molecule has 18 heavy (non-hydrogen) atoms. The Kier molecular flexibility index (Phi) is 3.49. The summed E-state index contributed by atoms with van der Waals surface area (Å²) < 4.78 is 25.6. The molecule has 0 aliphatic heterocycles. The Bertz CT molecular complexity index is 668. The fraction of sp³-hybridized carbons (Fsp3) is 0.250. The molecule has 1 aromatic carbocycles. The Morgan fingerprint density at radius 3 is 2.67 bits per heavy atom. The maximum atomic E-state index is 11.7. The number of sulfonamides is 1. The first kappa shape index (κ1) is 12.8. The van der Waals surface area contributed by atoms with Crippen LogP contribution in [0.3, 0.4) is 0 Å². The Labute approximate surface area is 106 Å². The molecule has 0 amide bonds. The van der Waals surface area contributed by atoms with Crippen molar-refractivity contribution in [3.63, 3.8) is 0 Å². The molecule has 0 radical (unpaired) electrons. The molecule has 0 saturated heterocycles. The highest BCUT2D eigenvalue weighted by Crippen LogP contribution is 2.19. The maximum absolute atomic E-state index is 11.7. The van der Waals surface area contributed by atoms with E-state index in [4.69, 9.17) is 0 Å². The van der Waals surface area contributed by atoms with Crippen molar-refractivity contribution in [1.29, 1.82) is 0 Å². The summed E-state index contributed by atoms with van der Waals surface area (Å²) in [5, 5.41) is 3.91. The molecule has 0 unspecified atom stereocenters. The van der Waals surface area contributed by atoms with Crippen LogP contribution >= 0.6 is 0 Å². The first-order chi connectivity index (χ1) is 8.56. The van der Waals surface area contributed by atoms with Crippen LogP contribution in [0.25, 0.3) is 10.9 Å². The van der Waals surface area contributed by atoms with Gasteiger partial charge in [0.25, 0.3) is 0 Å². The van der Waals surface area contributed by atoms with Gasteiger partial charge in [-0.1, -0.05) is 0 Å². The monoisotopic (exact) mass is 265 g/mol. The molecule has 0 saturated carbocycles. The first-order valence-corrected chi connectivity index (χ1v) is 7.13. The SMILES string of the molecule is CCNc1ccc2cc(S(=O)(=O)NC)ccc2n1. The molecule has 1 aromatic heterocycles. The van der Waals surface area contributed by atoms with Gasteiger partial charge >= 0.3 is 0 Å². The van der Waals surface area contributed by atoms with E-state index in [0.717, 1.165) is 23.3 Å². The summed E-state index contributed by atoms with van der Waals surface area (Å²) in [6, 6.07) is 8.57. The van der Waals surface area contributed by atoms with E-state index < -0.39 is 10.0 Å². The van der Waals surface area contributed by atoms with Gasteiger partial charge in [-0.3, -0.25) is 0 Å². The van der Waals surface area contributed by atoms with E-state index in [1.807, 2.05) is 19.1 Å². The van der Waals surface area contributed by atoms with Crippen molar-refractivity contribution in [2.75, 3.05) is 18.9 Å². The minimum absolute atomic E-state index is 0.246. The normalized spacial score (nSPS) is 11.7. The number of nitrogens with one attached hydrogen (secondary N) is 2. The van der Waals surface area contributed by atoms with Crippen LogP contribution in [-0.4, -0.2) is 27.0 Å². The van der Waals surface area contributed by atoms with Crippen molar-refractivity contribution >= 4 is 26.7 Å². The molecule has 0 aliphatic carbocycles. The Morgan fingerprint density at radius 1 is 1.22 bits per heavy atom. The van der Waals surface area contributed by atoms with Crippen LogP contribution in [0.5, 0.6) is 0 Å². The van der Waals surface area contributed by atoms with Gasteiger partial charge in [-0.2, -0.15) is 0 Å². The summed E-state index contributed by atoms with van der Waals surface area (Å²) in [5.74, 6) is 0.786. The standard InChI is InChI=1S/C12H15N3O2S/c1-3-14-12-7-4-9-8-10(18(16,17)13-2)5-6-11(9)15-12/h4-8,13H,3H2,1-2H3,(H,14,15). The number of rotatable bonds is 4. The number of hydrogen-bond donors (Lipinski definition) is 2. The summed E-state index contributed by atoms with van der Waals surface area (Å²) >= 11 is 0. The van der Waals surface area contributed by atoms with Crippen molar-refractivity contribution in [2.24, 2.45) is 0 Å². The number of pyridine rings is 1. The highest BCUT2D eigenvalue weighted by Gasteiger charge is 2.11. The molecule has 1 heterocycles. The average Bonchev–Trinajstić information content (AvgIpc) is 2.38. The fourth-order valence-corrected chi connectivity index (χ4v) is 2.43. The second-order valence-corrected chi connectivity index (χ2v) is 5.68. The van der Waals surface area contributed by atoms with Crippen molar-refractivity contribution in [3.8, 4) is 0 Å². The Morgan fingerprint density at radius 2 is 2.00 bits per heavy atom. The van der Waals surface area contributed by atoms with Crippen LogP contribution in [0.1, 0.15) is 6.92 Å². The number of hydrogen-bond acceptors (Lipinski definition) is 4. The number of anilines is 1. The topological polar surface area (TPSA) is 71.1 Å². The van der Waals surface area contributed by atoms with Gasteiger partial charge in [0.2, 0.25) is 10.0 Å². The Hall–Kier alpha value is -1.66. The average molecular weight is 265 g/mol. The third-order valence-electron chi connectivity index (χ3n) is 2.60. The highest BCUT2D eigenvalue weighted by molar-refractivity contribution is 7.89. The van der Waals surface area contributed by atoms with Gasteiger partial charge in [0.1, 0.15) is 5.82 Å². The van der Waals surface area contributed by atoms with Crippen LogP contribution in [0, 0.1) is 0 Å². The largest absolute Gasteiger partial charge is 0.370 e. The predicted molar refractivity (Wildman–Crippen MR) is 72.2 cm³/mol. The van der Waals surface area contributed by atoms with E-state index in [2.05, 4.69) is 15.0 Å². The lowest BCUT2D eigenvalue weighted by Gasteiger charge is -2.06. The first-order valence-electron chi connectivity index (χ1n) is 5.65. The van der Waals surface area contributed by atoms with Gasteiger partial charge in [0.05, 0.1) is 10.4 Å².